The van der Waals surface area contributed by atoms with Crippen molar-refractivity contribution in [1.82, 2.24) is 19.6 Å². The molecule has 2 aromatic rings. The number of allylic oxidation sites excluding steroid dienone is 1. The van der Waals surface area contributed by atoms with Gasteiger partial charge in [-0.2, -0.15) is 10.2 Å². The minimum absolute atomic E-state index is 0.164. The molecule has 0 saturated heterocycles. The van der Waals surface area contributed by atoms with E-state index in [1.807, 2.05) is 0 Å². The molecule has 0 saturated carbocycles. The van der Waals surface area contributed by atoms with Crippen molar-refractivity contribution in [1.29, 1.82) is 0 Å². The second-order valence-electron chi connectivity index (χ2n) is 3.57. The molecule has 0 atom stereocenters. The monoisotopic (exact) mass is 250 g/mol. The maximum Gasteiger partial charge on any atom is 0.206 e. The van der Waals surface area contributed by atoms with Crippen molar-refractivity contribution in [3.05, 3.63) is 40.9 Å². The largest absolute Gasteiger partial charge is 0.287 e. The van der Waals surface area contributed by atoms with Crippen LogP contribution in [-0.2, 0) is 14.1 Å². The van der Waals surface area contributed by atoms with Gasteiger partial charge in [0.15, 0.2) is 0 Å². The summed E-state index contributed by atoms with van der Waals surface area (Å²) < 4.78 is 3.18. The fourth-order valence-electron chi connectivity index (χ4n) is 1.39. The van der Waals surface area contributed by atoms with Gasteiger partial charge in [0.2, 0.25) is 5.78 Å². The lowest BCUT2D eigenvalue weighted by molar-refractivity contribution is 0.104. The van der Waals surface area contributed by atoms with E-state index in [-0.39, 0.29) is 5.78 Å². The Balaban J connectivity index is 2.19. The molecule has 0 N–H and O–H groups in total. The molecule has 2 heterocycles. The van der Waals surface area contributed by atoms with E-state index in [1.54, 1.807) is 41.8 Å². The van der Waals surface area contributed by atoms with Crippen LogP contribution in [0.4, 0.5) is 0 Å². The lowest BCUT2D eigenvalue weighted by atomic mass is 10.2. The number of carbonyl (C=O) groups excluding carboxylic acids is 1. The average molecular weight is 251 g/mol. The summed E-state index contributed by atoms with van der Waals surface area (Å²) in [6, 6.07) is 1.66. The number of carbonyl (C=O) groups is 1. The summed E-state index contributed by atoms with van der Waals surface area (Å²) in [5.41, 5.74) is 1.10. The van der Waals surface area contributed by atoms with Crippen LogP contribution < -0.4 is 0 Å². The van der Waals surface area contributed by atoms with Crippen molar-refractivity contribution in [2.75, 3.05) is 0 Å². The molecule has 88 valence electrons. The third-order valence-electron chi connectivity index (χ3n) is 2.30. The fourth-order valence-corrected chi connectivity index (χ4v) is 1.62. The molecule has 0 aromatic carbocycles. The molecule has 6 heteroatoms. The van der Waals surface area contributed by atoms with Crippen LogP contribution in [0.2, 0.25) is 5.02 Å². The van der Waals surface area contributed by atoms with Crippen LogP contribution in [0, 0.1) is 0 Å². The number of aryl methyl sites for hydroxylation is 2. The van der Waals surface area contributed by atoms with Crippen molar-refractivity contribution in [3.63, 3.8) is 0 Å². The van der Waals surface area contributed by atoms with E-state index in [4.69, 9.17) is 11.6 Å². The summed E-state index contributed by atoms with van der Waals surface area (Å²) in [4.78, 5) is 11.7. The minimum atomic E-state index is -0.164. The summed E-state index contributed by atoms with van der Waals surface area (Å²) in [5.74, 6) is -0.164. The van der Waals surface area contributed by atoms with Crippen LogP contribution in [0.25, 0.3) is 6.08 Å². The number of nitrogens with zero attached hydrogens (tertiary/aromatic N) is 4. The zero-order chi connectivity index (χ0) is 12.4. The number of ketones is 1. The Hall–Kier alpha value is -1.88. The Morgan fingerprint density at radius 1 is 1.47 bits per heavy atom. The van der Waals surface area contributed by atoms with E-state index in [0.717, 1.165) is 0 Å². The van der Waals surface area contributed by atoms with Gasteiger partial charge in [0.1, 0.15) is 5.69 Å². The predicted octanol–water partition coefficient (Wildman–Crippen LogP) is 1.70. The Morgan fingerprint density at radius 2 is 2.24 bits per heavy atom. The standard InChI is InChI=1S/C11H11ClN4O/c1-15-6-5-9(14-15)11(17)4-3-10-8(12)7-13-16(10)2/h3-7H,1-2H3/b4-3+. The second-order valence-corrected chi connectivity index (χ2v) is 3.98. The highest BCUT2D eigenvalue weighted by molar-refractivity contribution is 6.31. The van der Waals surface area contributed by atoms with Gasteiger partial charge >= 0.3 is 0 Å². The smallest absolute Gasteiger partial charge is 0.206 e. The van der Waals surface area contributed by atoms with E-state index in [1.165, 1.54) is 12.3 Å². The van der Waals surface area contributed by atoms with Gasteiger partial charge in [-0.05, 0) is 18.2 Å². The summed E-state index contributed by atoms with van der Waals surface area (Å²) in [6.07, 6.45) is 6.32. The first-order valence-corrected chi connectivity index (χ1v) is 5.35. The third kappa shape index (κ3) is 2.45. The molecule has 17 heavy (non-hydrogen) atoms. The van der Waals surface area contributed by atoms with Crippen molar-refractivity contribution in [2.24, 2.45) is 14.1 Å². The lowest BCUT2D eigenvalue weighted by Crippen LogP contribution is -1.98. The van der Waals surface area contributed by atoms with E-state index in [2.05, 4.69) is 10.2 Å². The first-order valence-electron chi connectivity index (χ1n) is 4.97. The van der Waals surface area contributed by atoms with Gasteiger partial charge < -0.3 is 0 Å². The van der Waals surface area contributed by atoms with Gasteiger partial charge in [0.25, 0.3) is 0 Å². The van der Waals surface area contributed by atoms with Crippen LogP contribution in [0.3, 0.4) is 0 Å². The fraction of sp³-hybridized carbons (Fsp3) is 0.182. The number of aromatic nitrogens is 4. The van der Waals surface area contributed by atoms with E-state index >= 15 is 0 Å². The molecular formula is C11H11ClN4O. The van der Waals surface area contributed by atoms with Gasteiger partial charge in [0, 0.05) is 20.3 Å². The predicted molar refractivity (Wildman–Crippen MR) is 64.8 cm³/mol. The van der Waals surface area contributed by atoms with Gasteiger partial charge in [-0.1, -0.05) is 11.6 Å². The average Bonchev–Trinajstić information content (AvgIpc) is 2.84. The van der Waals surface area contributed by atoms with Crippen molar-refractivity contribution >= 4 is 23.5 Å². The minimum Gasteiger partial charge on any atom is -0.287 e. The number of hydrogen-bond acceptors (Lipinski definition) is 3. The van der Waals surface area contributed by atoms with Crippen LogP contribution in [0.15, 0.2) is 24.5 Å². The molecule has 0 fully saturated rings. The SMILES string of the molecule is Cn1ccc(C(=O)/C=C/c2c(Cl)cnn2C)n1. The van der Waals surface area contributed by atoms with Gasteiger partial charge in [0.05, 0.1) is 16.9 Å². The normalized spacial score (nSPS) is 11.2. The van der Waals surface area contributed by atoms with E-state index in [0.29, 0.717) is 16.4 Å². The molecule has 2 aromatic heterocycles. The van der Waals surface area contributed by atoms with Crippen molar-refractivity contribution in [2.45, 2.75) is 0 Å². The van der Waals surface area contributed by atoms with Crippen LogP contribution in [-0.4, -0.2) is 25.3 Å². The molecule has 2 rings (SSSR count). The second kappa shape index (κ2) is 4.55. The molecule has 0 bridgehead atoms. The molecule has 0 aliphatic rings. The topological polar surface area (TPSA) is 52.7 Å². The molecule has 0 amide bonds. The lowest BCUT2D eigenvalue weighted by Gasteiger charge is -1.94. The maximum absolute atomic E-state index is 11.7. The molecule has 0 aliphatic heterocycles. The van der Waals surface area contributed by atoms with Crippen molar-refractivity contribution < 1.29 is 4.79 Å². The highest BCUT2D eigenvalue weighted by atomic mass is 35.5. The zero-order valence-corrected chi connectivity index (χ0v) is 10.2. The summed E-state index contributed by atoms with van der Waals surface area (Å²) in [5, 5.41) is 8.50. The molecular weight excluding hydrogens is 240 g/mol. The van der Waals surface area contributed by atoms with E-state index < -0.39 is 0 Å². The quantitative estimate of drug-likeness (QED) is 0.616. The van der Waals surface area contributed by atoms with E-state index in [9.17, 15) is 4.79 Å². The molecule has 0 radical (unpaired) electrons. The van der Waals surface area contributed by atoms with Crippen molar-refractivity contribution in [3.8, 4) is 0 Å². The number of rotatable bonds is 3. The zero-order valence-electron chi connectivity index (χ0n) is 9.46. The molecule has 0 spiro atoms. The summed E-state index contributed by atoms with van der Waals surface area (Å²) in [7, 11) is 3.52. The molecule has 5 nitrogen and oxygen atoms in total. The van der Waals surface area contributed by atoms with Gasteiger partial charge in [-0.25, -0.2) is 0 Å². The van der Waals surface area contributed by atoms with Crippen LogP contribution in [0.5, 0.6) is 0 Å². The third-order valence-corrected chi connectivity index (χ3v) is 2.59. The van der Waals surface area contributed by atoms with Gasteiger partial charge in [-0.3, -0.25) is 14.2 Å². The van der Waals surface area contributed by atoms with Crippen LogP contribution in [0.1, 0.15) is 16.2 Å². The molecule has 0 aliphatic carbocycles. The Kier molecular flexibility index (Phi) is 3.10. The Bertz CT molecular complexity index is 563. The first kappa shape index (κ1) is 11.6. The Morgan fingerprint density at radius 3 is 2.76 bits per heavy atom. The highest BCUT2D eigenvalue weighted by Gasteiger charge is 2.06. The maximum atomic E-state index is 11.7. The summed E-state index contributed by atoms with van der Waals surface area (Å²) in [6.45, 7) is 0. The van der Waals surface area contributed by atoms with Gasteiger partial charge in [-0.15, -0.1) is 0 Å². The van der Waals surface area contributed by atoms with Crippen LogP contribution >= 0.6 is 11.6 Å². The molecule has 0 unspecified atom stereocenters. The summed E-state index contributed by atoms with van der Waals surface area (Å²) >= 11 is 5.91. The number of hydrogen-bond donors (Lipinski definition) is 0. The number of halogens is 1. The first-order chi connectivity index (χ1) is 8.08. The highest BCUT2D eigenvalue weighted by Crippen LogP contribution is 2.15. The Labute approximate surface area is 103 Å².